The Morgan fingerprint density at radius 2 is 1.73 bits per heavy atom. The molecule has 0 fully saturated rings. The van der Waals surface area contributed by atoms with E-state index in [1.807, 2.05) is 30.3 Å². The maximum atomic E-state index is 12.4. The highest BCUT2D eigenvalue weighted by Crippen LogP contribution is 2.25. The number of ether oxygens (including phenoxy) is 1. The number of nitro benzene ring substituents is 1. The van der Waals surface area contributed by atoms with Crippen molar-refractivity contribution in [2.75, 3.05) is 26.2 Å². The average Bonchev–Trinajstić information content (AvgIpc) is 2.64. The number of carbonyl (C=O) groups excluding carboxylic acids is 1. The summed E-state index contributed by atoms with van der Waals surface area (Å²) in [5, 5.41) is 11.0. The Labute approximate surface area is 158 Å². The maximum Gasteiger partial charge on any atom is 0.310 e. The van der Waals surface area contributed by atoms with Crippen molar-refractivity contribution in [3.05, 3.63) is 70.3 Å². The Hall–Kier alpha value is -2.64. The van der Waals surface area contributed by atoms with Gasteiger partial charge in [-0.25, -0.2) is 0 Å². The minimum atomic E-state index is -0.535. The quantitative estimate of drug-likeness (QED) is 0.533. The summed E-state index contributed by atoms with van der Waals surface area (Å²) < 4.78 is 5.37. The van der Waals surface area contributed by atoms with Crippen LogP contribution in [0.1, 0.15) is 5.56 Å². The van der Waals surface area contributed by atoms with Crippen LogP contribution in [0.4, 0.5) is 5.69 Å². The number of para-hydroxylation sites is 2. The highest BCUT2D eigenvalue weighted by atomic mass is 35.5. The topological polar surface area (TPSA) is 98.7 Å². The Balaban J connectivity index is 0.00000338. The van der Waals surface area contributed by atoms with E-state index in [9.17, 15) is 14.9 Å². The van der Waals surface area contributed by atoms with E-state index in [1.165, 1.54) is 12.1 Å². The number of hydrogen-bond acceptors (Lipinski definition) is 5. The largest absolute Gasteiger partial charge is 0.477 e. The van der Waals surface area contributed by atoms with Crippen LogP contribution < -0.4 is 10.5 Å². The first-order chi connectivity index (χ1) is 12.1. The molecule has 0 aliphatic rings. The fourth-order valence-corrected chi connectivity index (χ4v) is 2.39. The van der Waals surface area contributed by atoms with Crippen LogP contribution in [0.15, 0.2) is 54.6 Å². The second-order valence-electron chi connectivity index (χ2n) is 5.42. The SMILES string of the molecule is Cl.NCCN(CCc1ccccc1)C(=O)COc1ccccc1[N+](=O)[O-]. The zero-order valence-electron chi connectivity index (χ0n) is 14.2. The molecule has 1 amide bonds. The fourth-order valence-electron chi connectivity index (χ4n) is 2.39. The summed E-state index contributed by atoms with van der Waals surface area (Å²) >= 11 is 0. The van der Waals surface area contributed by atoms with Crippen molar-refractivity contribution in [1.29, 1.82) is 0 Å². The number of nitrogens with zero attached hydrogens (tertiary/aromatic N) is 2. The first kappa shape index (κ1) is 21.4. The number of nitro groups is 1. The van der Waals surface area contributed by atoms with Crippen molar-refractivity contribution in [1.82, 2.24) is 4.90 Å². The molecule has 0 atom stereocenters. The van der Waals surface area contributed by atoms with Gasteiger partial charge in [0.25, 0.3) is 5.91 Å². The summed E-state index contributed by atoms with van der Waals surface area (Å²) in [6, 6.07) is 15.8. The number of nitrogens with two attached hydrogens (primary N) is 1. The number of benzene rings is 2. The van der Waals surface area contributed by atoms with Crippen LogP contribution in [-0.4, -0.2) is 42.0 Å². The smallest absolute Gasteiger partial charge is 0.310 e. The van der Waals surface area contributed by atoms with Crippen LogP contribution in [0, 0.1) is 10.1 Å². The Kier molecular flexibility index (Phi) is 9.11. The molecule has 0 saturated carbocycles. The minimum Gasteiger partial charge on any atom is -0.477 e. The molecule has 140 valence electrons. The molecule has 2 N–H and O–H groups in total. The van der Waals surface area contributed by atoms with Crippen molar-refractivity contribution in [2.45, 2.75) is 6.42 Å². The van der Waals surface area contributed by atoms with Gasteiger partial charge >= 0.3 is 5.69 Å². The average molecular weight is 380 g/mol. The van der Waals surface area contributed by atoms with Gasteiger partial charge in [-0.2, -0.15) is 0 Å². The van der Waals surface area contributed by atoms with Gasteiger partial charge in [-0.1, -0.05) is 42.5 Å². The normalized spacial score (nSPS) is 9.88. The van der Waals surface area contributed by atoms with Gasteiger partial charge < -0.3 is 15.4 Å². The lowest BCUT2D eigenvalue weighted by molar-refractivity contribution is -0.385. The van der Waals surface area contributed by atoms with E-state index in [1.54, 1.807) is 17.0 Å². The molecule has 0 aliphatic heterocycles. The number of carbonyl (C=O) groups is 1. The number of amides is 1. The summed E-state index contributed by atoms with van der Waals surface area (Å²) in [4.78, 5) is 24.4. The number of halogens is 1. The number of hydrogen-bond donors (Lipinski definition) is 1. The Bertz CT molecular complexity index is 713. The van der Waals surface area contributed by atoms with Gasteiger partial charge in [-0.3, -0.25) is 14.9 Å². The monoisotopic (exact) mass is 379 g/mol. The van der Waals surface area contributed by atoms with E-state index in [2.05, 4.69) is 0 Å². The predicted molar refractivity (Wildman–Crippen MR) is 102 cm³/mol. The van der Waals surface area contributed by atoms with Crippen molar-refractivity contribution < 1.29 is 14.5 Å². The van der Waals surface area contributed by atoms with Crippen molar-refractivity contribution in [2.24, 2.45) is 5.73 Å². The van der Waals surface area contributed by atoms with Gasteiger partial charge in [-0.05, 0) is 18.1 Å². The molecule has 2 aromatic carbocycles. The van der Waals surface area contributed by atoms with Gasteiger partial charge in [0.15, 0.2) is 12.4 Å². The standard InChI is InChI=1S/C18H21N3O4.ClH/c19-11-13-20(12-10-15-6-2-1-3-7-15)18(22)14-25-17-9-5-4-8-16(17)21(23)24;/h1-9H,10-14,19H2;1H. The lowest BCUT2D eigenvalue weighted by Gasteiger charge is -2.22. The lowest BCUT2D eigenvalue weighted by Crippen LogP contribution is -2.39. The summed E-state index contributed by atoms with van der Waals surface area (Å²) in [6.45, 7) is 0.998. The van der Waals surface area contributed by atoms with Crippen LogP contribution in [-0.2, 0) is 11.2 Å². The molecule has 26 heavy (non-hydrogen) atoms. The number of rotatable bonds is 9. The molecule has 0 spiro atoms. The minimum absolute atomic E-state index is 0. The second-order valence-corrected chi connectivity index (χ2v) is 5.42. The predicted octanol–water partition coefficient (Wildman–Crippen LogP) is 2.43. The Morgan fingerprint density at radius 1 is 1.08 bits per heavy atom. The molecule has 0 radical (unpaired) electrons. The molecule has 0 bridgehead atoms. The zero-order chi connectivity index (χ0) is 18.1. The summed E-state index contributed by atoms with van der Waals surface area (Å²) in [6.07, 6.45) is 0.706. The first-order valence-corrected chi connectivity index (χ1v) is 8.00. The zero-order valence-corrected chi connectivity index (χ0v) is 15.1. The van der Waals surface area contributed by atoms with E-state index in [4.69, 9.17) is 10.5 Å². The van der Waals surface area contributed by atoms with Crippen molar-refractivity contribution in [3.8, 4) is 5.75 Å². The van der Waals surface area contributed by atoms with Gasteiger partial charge in [-0.15, -0.1) is 12.4 Å². The van der Waals surface area contributed by atoms with E-state index < -0.39 is 4.92 Å². The summed E-state index contributed by atoms with van der Waals surface area (Å²) in [7, 11) is 0. The molecule has 0 unspecified atom stereocenters. The lowest BCUT2D eigenvalue weighted by atomic mass is 10.1. The molecule has 2 rings (SSSR count). The van der Waals surface area contributed by atoms with Crippen LogP contribution in [0.5, 0.6) is 5.75 Å². The third kappa shape index (κ3) is 6.34. The van der Waals surface area contributed by atoms with Gasteiger partial charge in [0, 0.05) is 25.7 Å². The van der Waals surface area contributed by atoms with Gasteiger partial charge in [0.1, 0.15) is 0 Å². The van der Waals surface area contributed by atoms with Crippen LogP contribution in [0.25, 0.3) is 0 Å². The molecule has 0 aliphatic carbocycles. The van der Waals surface area contributed by atoms with Gasteiger partial charge in [0.05, 0.1) is 4.92 Å². The van der Waals surface area contributed by atoms with E-state index >= 15 is 0 Å². The third-order valence-corrected chi connectivity index (χ3v) is 3.68. The molecule has 0 heterocycles. The van der Waals surface area contributed by atoms with E-state index in [0.717, 1.165) is 5.56 Å². The molecular weight excluding hydrogens is 358 g/mol. The summed E-state index contributed by atoms with van der Waals surface area (Å²) in [5.41, 5.74) is 6.54. The first-order valence-electron chi connectivity index (χ1n) is 8.00. The van der Waals surface area contributed by atoms with E-state index in [0.29, 0.717) is 26.1 Å². The highest BCUT2D eigenvalue weighted by molar-refractivity contribution is 5.85. The van der Waals surface area contributed by atoms with Crippen molar-refractivity contribution in [3.63, 3.8) is 0 Å². The molecule has 0 saturated heterocycles. The fraction of sp³-hybridized carbons (Fsp3) is 0.278. The third-order valence-electron chi connectivity index (χ3n) is 3.68. The van der Waals surface area contributed by atoms with Crippen molar-refractivity contribution >= 4 is 24.0 Å². The van der Waals surface area contributed by atoms with E-state index in [-0.39, 0.29) is 36.4 Å². The molecular formula is C18H22ClN3O4. The molecule has 7 nitrogen and oxygen atoms in total. The highest BCUT2D eigenvalue weighted by Gasteiger charge is 2.18. The molecule has 8 heteroatoms. The summed E-state index contributed by atoms with van der Waals surface area (Å²) in [5.74, 6) is -0.170. The van der Waals surface area contributed by atoms with Gasteiger partial charge in [0.2, 0.25) is 0 Å². The molecule has 2 aromatic rings. The van der Waals surface area contributed by atoms with Crippen LogP contribution in [0.3, 0.4) is 0 Å². The Morgan fingerprint density at radius 3 is 2.38 bits per heavy atom. The maximum absolute atomic E-state index is 12.4. The second kappa shape index (κ2) is 11.1. The van der Waals surface area contributed by atoms with Crippen LogP contribution in [0.2, 0.25) is 0 Å². The molecule has 0 aromatic heterocycles. The van der Waals surface area contributed by atoms with Crippen LogP contribution >= 0.6 is 12.4 Å².